The first kappa shape index (κ1) is 15.6. The van der Waals surface area contributed by atoms with Crippen LogP contribution in [-0.2, 0) is 10.0 Å². The van der Waals surface area contributed by atoms with E-state index in [1.54, 1.807) is 32.0 Å². The molecule has 0 aliphatic heterocycles. The minimum absolute atomic E-state index is 0.310. The maximum absolute atomic E-state index is 12.7. The van der Waals surface area contributed by atoms with E-state index >= 15 is 0 Å². The minimum Gasteiger partial charge on any atom is -0.263 e. The van der Waals surface area contributed by atoms with E-state index in [9.17, 15) is 8.42 Å². The summed E-state index contributed by atoms with van der Waals surface area (Å²) in [5, 5.41) is 13.9. The van der Waals surface area contributed by atoms with Gasteiger partial charge in [0.25, 0.3) is 10.0 Å². The monoisotopic (exact) mass is 349 g/mol. The van der Waals surface area contributed by atoms with Gasteiger partial charge in [0, 0.05) is 10.9 Å². The van der Waals surface area contributed by atoms with Crippen molar-refractivity contribution in [3.05, 3.63) is 45.9 Å². The number of rotatable bonds is 4. The van der Waals surface area contributed by atoms with Gasteiger partial charge in [-0.2, -0.15) is 14.9 Å². The molecule has 3 heterocycles. The minimum atomic E-state index is -3.69. The Bertz CT molecular complexity index is 922. The largest absolute Gasteiger partial charge is 0.264 e. The smallest absolute Gasteiger partial charge is 0.263 e. The maximum Gasteiger partial charge on any atom is 0.264 e. The van der Waals surface area contributed by atoms with Gasteiger partial charge in [0.2, 0.25) is 0 Å². The highest BCUT2D eigenvalue weighted by Crippen LogP contribution is 2.28. The predicted molar refractivity (Wildman–Crippen MR) is 88.5 cm³/mol. The third kappa shape index (κ3) is 2.97. The molecule has 0 aliphatic carbocycles. The van der Waals surface area contributed by atoms with Crippen molar-refractivity contribution in [1.82, 2.24) is 20.0 Å². The lowest BCUT2D eigenvalue weighted by molar-refractivity contribution is 0.600. The highest BCUT2D eigenvalue weighted by atomic mass is 32.2. The SMILES string of the molecule is Cc1ccc(-n2nccc2NS(=O)(=O)c2c(C)csc2C)nn1. The second kappa shape index (κ2) is 5.74. The molecular formula is C14H15N5O2S2. The topological polar surface area (TPSA) is 89.8 Å². The lowest BCUT2D eigenvalue weighted by Gasteiger charge is -2.10. The number of hydrogen-bond donors (Lipinski definition) is 1. The lowest BCUT2D eigenvalue weighted by Crippen LogP contribution is -2.17. The fourth-order valence-electron chi connectivity index (χ4n) is 2.22. The van der Waals surface area contributed by atoms with Crippen LogP contribution in [0.5, 0.6) is 0 Å². The van der Waals surface area contributed by atoms with Crippen molar-refractivity contribution in [2.45, 2.75) is 25.7 Å². The van der Waals surface area contributed by atoms with Crippen LogP contribution in [0.3, 0.4) is 0 Å². The van der Waals surface area contributed by atoms with Crippen molar-refractivity contribution in [2.75, 3.05) is 4.72 Å². The molecule has 120 valence electrons. The highest BCUT2D eigenvalue weighted by molar-refractivity contribution is 7.93. The zero-order chi connectivity index (χ0) is 16.6. The van der Waals surface area contributed by atoms with E-state index in [0.29, 0.717) is 16.5 Å². The zero-order valence-electron chi connectivity index (χ0n) is 12.8. The van der Waals surface area contributed by atoms with Crippen molar-refractivity contribution < 1.29 is 8.42 Å². The molecule has 23 heavy (non-hydrogen) atoms. The van der Waals surface area contributed by atoms with Crippen molar-refractivity contribution in [3.8, 4) is 5.82 Å². The van der Waals surface area contributed by atoms with E-state index in [2.05, 4.69) is 20.0 Å². The number of hydrogen-bond acceptors (Lipinski definition) is 6. The van der Waals surface area contributed by atoms with Crippen LogP contribution >= 0.6 is 11.3 Å². The molecule has 9 heteroatoms. The van der Waals surface area contributed by atoms with Crippen molar-refractivity contribution in [2.24, 2.45) is 0 Å². The summed E-state index contributed by atoms with van der Waals surface area (Å²) in [5.74, 6) is 0.755. The first-order valence-corrected chi connectivity index (χ1v) is 9.17. The molecule has 0 aliphatic rings. The van der Waals surface area contributed by atoms with Crippen LogP contribution in [0.4, 0.5) is 5.82 Å². The average molecular weight is 349 g/mol. The van der Waals surface area contributed by atoms with Crippen molar-refractivity contribution >= 4 is 27.2 Å². The van der Waals surface area contributed by atoms with Crippen molar-refractivity contribution in [3.63, 3.8) is 0 Å². The first-order valence-electron chi connectivity index (χ1n) is 6.81. The Balaban J connectivity index is 1.99. The summed E-state index contributed by atoms with van der Waals surface area (Å²) in [6.07, 6.45) is 1.51. The Morgan fingerprint density at radius 3 is 2.52 bits per heavy atom. The van der Waals surface area contributed by atoms with Crippen LogP contribution in [0.2, 0.25) is 0 Å². The Hall–Kier alpha value is -2.26. The van der Waals surface area contributed by atoms with E-state index < -0.39 is 10.0 Å². The fraction of sp³-hybridized carbons (Fsp3) is 0.214. The predicted octanol–water partition coefficient (Wildman–Crippen LogP) is 2.45. The quantitative estimate of drug-likeness (QED) is 0.781. The van der Waals surface area contributed by atoms with Gasteiger partial charge in [0.05, 0.1) is 11.9 Å². The third-order valence-corrected chi connectivity index (χ3v) is 6.04. The number of nitrogens with zero attached hydrogens (tertiary/aromatic N) is 4. The summed E-state index contributed by atoms with van der Waals surface area (Å²) < 4.78 is 29.3. The third-order valence-electron chi connectivity index (χ3n) is 3.24. The molecule has 0 fully saturated rings. The molecular weight excluding hydrogens is 334 g/mol. The molecule has 0 saturated heterocycles. The van der Waals surface area contributed by atoms with Gasteiger partial charge in [0.15, 0.2) is 5.82 Å². The second-order valence-corrected chi connectivity index (χ2v) is 7.77. The van der Waals surface area contributed by atoms with Crippen molar-refractivity contribution in [1.29, 1.82) is 0 Å². The summed E-state index contributed by atoms with van der Waals surface area (Å²) in [6, 6.07) is 5.10. The molecule has 0 atom stereocenters. The molecule has 0 amide bonds. The Morgan fingerprint density at radius 2 is 1.91 bits per heavy atom. The molecule has 7 nitrogen and oxygen atoms in total. The standard InChI is InChI=1S/C14H15N5O2S2/c1-9-8-22-11(3)14(9)23(20,21)18-13-6-7-15-19(13)12-5-4-10(2)16-17-12/h4-8,18H,1-3H3. The van der Waals surface area contributed by atoms with Gasteiger partial charge in [0.1, 0.15) is 10.7 Å². The van der Waals surface area contributed by atoms with Crippen LogP contribution in [0.1, 0.15) is 16.1 Å². The highest BCUT2D eigenvalue weighted by Gasteiger charge is 2.23. The molecule has 3 rings (SSSR count). The van der Waals surface area contributed by atoms with Crippen LogP contribution in [-0.4, -0.2) is 28.4 Å². The number of aryl methyl sites for hydroxylation is 3. The van der Waals surface area contributed by atoms with E-state index in [-0.39, 0.29) is 0 Å². The Labute approximate surface area is 138 Å². The van der Waals surface area contributed by atoms with Gasteiger partial charge < -0.3 is 0 Å². The Morgan fingerprint density at radius 1 is 1.13 bits per heavy atom. The van der Waals surface area contributed by atoms with E-state index in [0.717, 1.165) is 16.1 Å². The normalized spacial score (nSPS) is 11.6. The van der Waals surface area contributed by atoms with Gasteiger partial charge in [-0.05, 0) is 43.8 Å². The molecule has 0 saturated carbocycles. The van der Waals surface area contributed by atoms with E-state index in [4.69, 9.17) is 0 Å². The molecule has 0 aromatic carbocycles. The fourth-order valence-corrected chi connectivity index (χ4v) is 4.90. The van der Waals surface area contributed by atoms with Crippen LogP contribution < -0.4 is 4.72 Å². The number of nitrogens with one attached hydrogen (secondary N) is 1. The molecule has 0 unspecified atom stereocenters. The number of sulfonamides is 1. The van der Waals surface area contributed by atoms with Crippen LogP contribution in [0.25, 0.3) is 5.82 Å². The molecule has 0 radical (unpaired) electrons. The van der Waals surface area contributed by atoms with E-state index in [1.807, 2.05) is 12.3 Å². The zero-order valence-corrected chi connectivity index (χ0v) is 14.4. The summed E-state index contributed by atoms with van der Waals surface area (Å²) in [5.41, 5.74) is 1.49. The maximum atomic E-state index is 12.7. The number of thiophene rings is 1. The summed E-state index contributed by atoms with van der Waals surface area (Å²) in [4.78, 5) is 1.06. The molecule has 0 spiro atoms. The van der Waals surface area contributed by atoms with Gasteiger partial charge >= 0.3 is 0 Å². The molecule has 1 N–H and O–H groups in total. The van der Waals surface area contributed by atoms with E-state index in [1.165, 1.54) is 22.2 Å². The molecule has 0 bridgehead atoms. The van der Waals surface area contributed by atoms with Gasteiger partial charge in [-0.1, -0.05) is 0 Å². The lowest BCUT2D eigenvalue weighted by atomic mass is 10.3. The second-order valence-electron chi connectivity index (χ2n) is 5.07. The molecule has 3 aromatic heterocycles. The summed E-state index contributed by atoms with van der Waals surface area (Å²) >= 11 is 1.41. The first-order chi connectivity index (χ1) is 10.9. The summed E-state index contributed by atoms with van der Waals surface area (Å²) in [6.45, 7) is 5.39. The van der Waals surface area contributed by atoms with Gasteiger partial charge in [-0.25, -0.2) is 8.42 Å². The van der Waals surface area contributed by atoms with Gasteiger partial charge in [-0.3, -0.25) is 4.72 Å². The summed E-state index contributed by atoms with van der Waals surface area (Å²) in [7, 11) is -3.69. The number of anilines is 1. The average Bonchev–Trinajstić information content (AvgIpc) is 3.06. The van der Waals surface area contributed by atoms with Gasteiger partial charge in [-0.15, -0.1) is 16.4 Å². The number of aromatic nitrogens is 4. The Kier molecular flexibility index (Phi) is 3.90. The van der Waals surface area contributed by atoms with Crippen LogP contribution in [0, 0.1) is 20.8 Å². The van der Waals surface area contributed by atoms with Crippen LogP contribution in [0.15, 0.2) is 34.7 Å². The molecule has 3 aromatic rings.